The third-order valence-electron chi connectivity index (χ3n) is 3.70. The lowest BCUT2D eigenvalue weighted by Gasteiger charge is -2.20. The number of methoxy groups -OCH3 is 1. The number of ether oxygens (including phenoxy) is 1. The highest BCUT2D eigenvalue weighted by Crippen LogP contribution is 2.39. The second-order valence-electron chi connectivity index (χ2n) is 4.52. The van der Waals surface area contributed by atoms with Crippen LogP contribution in [0.4, 0.5) is 0 Å². The van der Waals surface area contributed by atoms with Crippen molar-refractivity contribution >= 4 is 0 Å². The van der Waals surface area contributed by atoms with Crippen molar-refractivity contribution in [1.29, 1.82) is 0 Å². The average Bonchev–Trinajstić information content (AvgIpc) is 2.91. The Kier molecular flexibility index (Phi) is 2.13. The van der Waals surface area contributed by atoms with E-state index < -0.39 is 0 Å². The predicted octanol–water partition coefficient (Wildman–Crippen LogP) is 1.70. The SMILES string of the molecule is COc1ccc([C@H]2CC3CCC2N3)cn1. The Balaban J connectivity index is 1.81. The summed E-state index contributed by atoms with van der Waals surface area (Å²) in [5.41, 5.74) is 1.36. The first kappa shape index (κ1) is 9.16. The highest BCUT2D eigenvalue weighted by atomic mass is 16.5. The van der Waals surface area contributed by atoms with Gasteiger partial charge < -0.3 is 10.1 Å². The van der Waals surface area contributed by atoms with Gasteiger partial charge in [0.15, 0.2) is 0 Å². The molecule has 2 unspecified atom stereocenters. The zero-order valence-electron chi connectivity index (χ0n) is 8.94. The molecule has 3 heteroatoms. The maximum Gasteiger partial charge on any atom is 0.212 e. The molecule has 2 bridgehead atoms. The van der Waals surface area contributed by atoms with Crippen LogP contribution in [0.3, 0.4) is 0 Å². The van der Waals surface area contributed by atoms with Crippen LogP contribution < -0.4 is 10.1 Å². The van der Waals surface area contributed by atoms with Gasteiger partial charge in [-0.1, -0.05) is 6.07 Å². The monoisotopic (exact) mass is 204 g/mol. The summed E-state index contributed by atoms with van der Waals surface area (Å²) in [7, 11) is 1.65. The Labute approximate surface area is 89.9 Å². The molecule has 1 N–H and O–H groups in total. The van der Waals surface area contributed by atoms with Crippen LogP contribution in [0.2, 0.25) is 0 Å². The molecule has 2 saturated heterocycles. The second-order valence-corrected chi connectivity index (χ2v) is 4.52. The third kappa shape index (κ3) is 1.51. The molecule has 0 amide bonds. The number of hydrogen-bond donors (Lipinski definition) is 1. The van der Waals surface area contributed by atoms with E-state index in [0.717, 1.165) is 6.04 Å². The number of hydrogen-bond acceptors (Lipinski definition) is 3. The van der Waals surface area contributed by atoms with Gasteiger partial charge in [-0.05, 0) is 24.8 Å². The fraction of sp³-hybridized carbons (Fsp3) is 0.583. The number of fused-ring (bicyclic) bond motifs is 2. The van der Waals surface area contributed by atoms with Crippen molar-refractivity contribution in [2.75, 3.05) is 7.11 Å². The second kappa shape index (κ2) is 3.49. The number of nitrogens with one attached hydrogen (secondary N) is 1. The van der Waals surface area contributed by atoms with Crippen LogP contribution in [0.1, 0.15) is 30.7 Å². The standard InChI is InChI=1S/C12H16N2O/c1-15-12-5-2-8(7-13-12)10-6-9-3-4-11(10)14-9/h2,5,7,9-11,14H,3-4,6H2,1H3/t9?,10-,11?/m1/s1. The maximum atomic E-state index is 5.07. The van der Waals surface area contributed by atoms with Gasteiger partial charge in [-0.25, -0.2) is 4.98 Å². The summed E-state index contributed by atoms with van der Waals surface area (Å²) < 4.78 is 5.07. The molecule has 80 valence electrons. The molecule has 0 saturated carbocycles. The minimum Gasteiger partial charge on any atom is -0.481 e. The van der Waals surface area contributed by atoms with Gasteiger partial charge >= 0.3 is 0 Å². The summed E-state index contributed by atoms with van der Waals surface area (Å²) in [5.74, 6) is 1.37. The van der Waals surface area contributed by atoms with Crippen LogP contribution in [0.5, 0.6) is 5.88 Å². The number of pyridine rings is 1. The summed E-state index contributed by atoms with van der Waals surface area (Å²) in [6.07, 6.45) is 5.91. The van der Waals surface area contributed by atoms with Gasteiger partial charge in [0, 0.05) is 30.3 Å². The van der Waals surface area contributed by atoms with Gasteiger partial charge in [-0.15, -0.1) is 0 Å². The van der Waals surface area contributed by atoms with Gasteiger partial charge in [-0.3, -0.25) is 0 Å². The molecule has 0 aromatic carbocycles. The normalized spacial score (nSPS) is 33.3. The molecule has 2 aliphatic rings. The lowest BCUT2D eigenvalue weighted by Crippen LogP contribution is -2.21. The number of rotatable bonds is 2. The Bertz CT molecular complexity index is 349. The van der Waals surface area contributed by atoms with Crippen molar-refractivity contribution in [3.05, 3.63) is 23.9 Å². The summed E-state index contributed by atoms with van der Waals surface area (Å²) in [5, 5.41) is 3.65. The Morgan fingerprint density at radius 3 is 2.87 bits per heavy atom. The van der Waals surface area contributed by atoms with Crippen LogP contribution >= 0.6 is 0 Å². The summed E-state index contributed by atoms with van der Waals surface area (Å²) in [4.78, 5) is 4.28. The lowest BCUT2D eigenvalue weighted by molar-refractivity contribution is 0.396. The first-order valence-electron chi connectivity index (χ1n) is 5.63. The lowest BCUT2D eigenvalue weighted by atomic mass is 9.85. The Morgan fingerprint density at radius 1 is 1.40 bits per heavy atom. The molecule has 15 heavy (non-hydrogen) atoms. The van der Waals surface area contributed by atoms with Crippen molar-refractivity contribution in [2.24, 2.45) is 0 Å². The summed E-state index contributed by atoms with van der Waals surface area (Å²) in [6, 6.07) is 5.55. The van der Waals surface area contributed by atoms with Crippen molar-refractivity contribution in [1.82, 2.24) is 10.3 Å². The molecule has 2 aliphatic heterocycles. The molecule has 3 heterocycles. The third-order valence-corrected chi connectivity index (χ3v) is 3.70. The zero-order valence-corrected chi connectivity index (χ0v) is 8.94. The zero-order chi connectivity index (χ0) is 10.3. The van der Waals surface area contributed by atoms with Crippen molar-refractivity contribution in [2.45, 2.75) is 37.3 Å². The van der Waals surface area contributed by atoms with Gasteiger partial charge in [0.05, 0.1) is 7.11 Å². The van der Waals surface area contributed by atoms with Crippen LogP contribution in [0.15, 0.2) is 18.3 Å². The summed E-state index contributed by atoms with van der Waals surface area (Å²) in [6.45, 7) is 0. The molecular weight excluding hydrogens is 188 g/mol. The molecule has 3 rings (SSSR count). The Morgan fingerprint density at radius 2 is 2.33 bits per heavy atom. The van der Waals surface area contributed by atoms with Crippen LogP contribution in [-0.2, 0) is 0 Å². The van der Waals surface area contributed by atoms with E-state index in [-0.39, 0.29) is 0 Å². The molecule has 2 fully saturated rings. The average molecular weight is 204 g/mol. The van der Waals surface area contributed by atoms with E-state index in [0.29, 0.717) is 17.8 Å². The molecule has 0 radical (unpaired) electrons. The number of aromatic nitrogens is 1. The summed E-state index contributed by atoms with van der Waals surface area (Å²) >= 11 is 0. The van der Waals surface area contributed by atoms with E-state index in [1.807, 2.05) is 12.3 Å². The van der Waals surface area contributed by atoms with E-state index >= 15 is 0 Å². The molecule has 0 aliphatic carbocycles. The van der Waals surface area contributed by atoms with Crippen LogP contribution in [-0.4, -0.2) is 24.2 Å². The molecule has 1 aromatic rings. The van der Waals surface area contributed by atoms with Crippen molar-refractivity contribution in [3.63, 3.8) is 0 Å². The first-order chi connectivity index (χ1) is 7.36. The van der Waals surface area contributed by atoms with E-state index in [1.165, 1.54) is 24.8 Å². The minimum atomic E-state index is 0.669. The molecular formula is C12H16N2O. The predicted molar refractivity (Wildman–Crippen MR) is 58.1 cm³/mol. The fourth-order valence-corrected chi connectivity index (χ4v) is 2.92. The van der Waals surface area contributed by atoms with Crippen LogP contribution in [0.25, 0.3) is 0 Å². The van der Waals surface area contributed by atoms with Crippen LogP contribution in [0, 0.1) is 0 Å². The van der Waals surface area contributed by atoms with E-state index in [4.69, 9.17) is 4.74 Å². The number of nitrogens with zero attached hydrogens (tertiary/aromatic N) is 1. The molecule has 1 aromatic heterocycles. The molecule has 0 spiro atoms. The first-order valence-corrected chi connectivity index (χ1v) is 5.63. The van der Waals surface area contributed by atoms with Crippen molar-refractivity contribution in [3.8, 4) is 5.88 Å². The fourth-order valence-electron chi connectivity index (χ4n) is 2.92. The maximum absolute atomic E-state index is 5.07. The molecule has 3 nitrogen and oxygen atoms in total. The highest BCUT2D eigenvalue weighted by molar-refractivity contribution is 5.25. The largest absolute Gasteiger partial charge is 0.481 e. The topological polar surface area (TPSA) is 34.1 Å². The van der Waals surface area contributed by atoms with Gasteiger partial charge in [0.25, 0.3) is 0 Å². The van der Waals surface area contributed by atoms with E-state index in [9.17, 15) is 0 Å². The Hall–Kier alpha value is -1.09. The quantitative estimate of drug-likeness (QED) is 0.796. The van der Waals surface area contributed by atoms with Crippen molar-refractivity contribution < 1.29 is 4.74 Å². The van der Waals surface area contributed by atoms with Gasteiger partial charge in [0.1, 0.15) is 0 Å². The minimum absolute atomic E-state index is 0.669. The highest BCUT2D eigenvalue weighted by Gasteiger charge is 2.39. The molecule has 3 atom stereocenters. The van der Waals surface area contributed by atoms with Gasteiger partial charge in [0.2, 0.25) is 5.88 Å². The smallest absolute Gasteiger partial charge is 0.212 e. The van der Waals surface area contributed by atoms with E-state index in [1.54, 1.807) is 7.11 Å². The van der Waals surface area contributed by atoms with Gasteiger partial charge in [-0.2, -0.15) is 0 Å². The van der Waals surface area contributed by atoms with E-state index in [2.05, 4.69) is 16.4 Å².